The van der Waals surface area contributed by atoms with Gasteiger partial charge in [0.05, 0.1) is 5.52 Å². The van der Waals surface area contributed by atoms with E-state index in [9.17, 15) is 0 Å². The molecule has 1 aliphatic heterocycles. The third-order valence-electron chi connectivity index (χ3n) is 18.2. The Morgan fingerprint density at radius 2 is 1.09 bits per heavy atom. The molecule has 0 fully saturated rings. The van der Waals surface area contributed by atoms with E-state index in [1.165, 1.54) is 157 Å². The topological polar surface area (TPSA) is 17.0 Å². The van der Waals surface area contributed by atoms with Crippen LogP contribution in [-0.2, 0) is 38.9 Å². The molecule has 1 aromatic heterocycles. The summed E-state index contributed by atoms with van der Waals surface area (Å²) in [6, 6.07) is 34.8. The SMILES string of the molecule is CCCCCc1ccc(Nc2ccc3c(c2)C(C)(C)CCC3(C)C)c(-c2c3c4c(c5ccccc25)c2cc5c(cc2n4-c2cc4c(cc2B3)C(C)(C)CCC4(C)C)C(C)(C)CCC5(C)C)c1. The highest BCUT2D eigenvalue weighted by Gasteiger charge is 2.42. The lowest BCUT2D eigenvalue weighted by molar-refractivity contribution is 0.332. The lowest BCUT2D eigenvalue weighted by Gasteiger charge is -2.43. The summed E-state index contributed by atoms with van der Waals surface area (Å²) in [5.74, 6) is 0. The molecule has 3 aliphatic carbocycles. The number of benzene rings is 6. The van der Waals surface area contributed by atoms with E-state index in [1.807, 2.05) is 0 Å². The highest BCUT2D eigenvalue weighted by Crippen LogP contribution is 2.53. The molecule has 3 heteroatoms. The van der Waals surface area contributed by atoms with Crippen molar-refractivity contribution in [3.05, 3.63) is 124 Å². The fourth-order valence-corrected chi connectivity index (χ4v) is 13.5. The average molecular weight is 871 g/mol. The van der Waals surface area contributed by atoms with E-state index in [-0.39, 0.29) is 32.5 Å². The van der Waals surface area contributed by atoms with Crippen molar-refractivity contribution in [2.75, 3.05) is 5.32 Å². The van der Waals surface area contributed by atoms with Crippen LogP contribution in [0.1, 0.15) is 187 Å². The predicted molar refractivity (Wildman–Crippen MR) is 289 cm³/mol. The van der Waals surface area contributed by atoms with Gasteiger partial charge in [0.25, 0.3) is 0 Å². The van der Waals surface area contributed by atoms with Crippen molar-refractivity contribution in [2.45, 2.75) is 187 Å². The molecule has 66 heavy (non-hydrogen) atoms. The molecule has 7 aromatic rings. The van der Waals surface area contributed by atoms with E-state index in [0.29, 0.717) is 0 Å². The Morgan fingerprint density at radius 1 is 0.530 bits per heavy atom. The molecule has 2 heterocycles. The molecule has 0 spiro atoms. The molecule has 0 bridgehead atoms. The summed E-state index contributed by atoms with van der Waals surface area (Å²) >= 11 is 0. The van der Waals surface area contributed by atoms with Crippen molar-refractivity contribution in [3.8, 4) is 16.8 Å². The van der Waals surface area contributed by atoms with Crippen LogP contribution in [0, 0.1) is 0 Å². The second kappa shape index (κ2) is 14.6. The number of fused-ring (bicyclic) bond motifs is 10. The van der Waals surface area contributed by atoms with E-state index < -0.39 is 0 Å². The lowest BCUT2D eigenvalue weighted by atomic mass is 9.55. The molecule has 1 N–H and O–H groups in total. The summed E-state index contributed by atoms with van der Waals surface area (Å²) in [5.41, 5.74) is 23.6. The van der Waals surface area contributed by atoms with Crippen LogP contribution in [0.4, 0.5) is 11.4 Å². The van der Waals surface area contributed by atoms with Gasteiger partial charge in [-0.1, -0.05) is 151 Å². The van der Waals surface area contributed by atoms with Crippen LogP contribution in [0.2, 0.25) is 0 Å². The molecular formula is C63H75BN2. The smallest absolute Gasteiger partial charge is 0.198 e. The highest BCUT2D eigenvalue weighted by atomic mass is 15.0. The summed E-state index contributed by atoms with van der Waals surface area (Å²) in [6.07, 6.45) is 12.0. The fourth-order valence-electron chi connectivity index (χ4n) is 13.5. The summed E-state index contributed by atoms with van der Waals surface area (Å²) in [7, 11) is 0.907. The zero-order valence-electron chi connectivity index (χ0n) is 42.8. The molecule has 340 valence electrons. The fraction of sp³-hybridized carbons (Fsp3) is 0.460. The molecule has 11 rings (SSSR count). The quantitative estimate of drug-likeness (QED) is 0.125. The Bertz CT molecular complexity index is 3160. The van der Waals surface area contributed by atoms with Crippen molar-refractivity contribution in [1.29, 1.82) is 0 Å². The number of aryl methyl sites for hydroxylation is 1. The Kier molecular flexibility index (Phi) is 9.70. The molecule has 0 saturated heterocycles. The van der Waals surface area contributed by atoms with Crippen molar-refractivity contribution in [2.24, 2.45) is 0 Å². The maximum atomic E-state index is 4.13. The standard InChI is InChI=1S/C63H75BN2/c1-14-15-16-19-38-22-25-51(65-39-23-24-44-45(33-39)59(4,5)27-26-58(44,2)3)42(32-38)54-40-20-17-18-21-41(40)55-43-34-46-48(62(10,11)30-28-60(46,6)7)36-52(43)66-53-37-49-47(35-50(53)64-56(54)57(55)66)61(8,9)29-31-63(49,12)13/h17-18,20-25,32-37,64-65H,14-16,19,26-31H2,1-13H3. The molecule has 4 aliphatic rings. The zero-order chi connectivity index (χ0) is 46.5. The maximum Gasteiger partial charge on any atom is 0.198 e. The number of hydrogen-bond donors (Lipinski definition) is 1. The summed E-state index contributed by atoms with van der Waals surface area (Å²) < 4.78 is 2.77. The number of nitrogens with one attached hydrogen (secondary N) is 1. The Morgan fingerprint density at radius 3 is 1.73 bits per heavy atom. The van der Waals surface area contributed by atoms with Gasteiger partial charge < -0.3 is 9.88 Å². The second-order valence-electron chi connectivity index (χ2n) is 25.6. The second-order valence-corrected chi connectivity index (χ2v) is 25.6. The first kappa shape index (κ1) is 43.8. The molecule has 6 aromatic carbocycles. The van der Waals surface area contributed by atoms with E-state index in [0.717, 1.165) is 13.7 Å². The predicted octanol–water partition coefficient (Wildman–Crippen LogP) is 15.8. The Hall–Kier alpha value is -4.76. The van der Waals surface area contributed by atoms with E-state index in [4.69, 9.17) is 0 Å². The average Bonchev–Trinajstić information content (AvgIpc) is 3.61. The number of hydrogen-bond acceptors (Lipinski definition) is 1. The van der Waals surface area contributed by atoms with Crippen molar-refractivity contribution >= 4 is 62.2 Å². The van der Waals surface area contributed by atoms with Crippen molar-refractivity contribution in [1.82, 2.24) is 4.57 Å². The minimum absolute atomic E-state index is 0.103. The van der Waals surface area contributed by atoms with Gasteiger partial charge in [-0.15, -0.1) is 0 Å². The van der Waals surface area contributed by atoms with Gasteiger partial charge in [0.1, 0.15) is 0 Å². The Balaban J connectivity index is 1.24. The number of rotatable bonds is 7. The number of unbranched alkanes of at least 4 members (excludes halogenated alkanes) is 2. The van der Waals surface area contributed by atoms with Gasteiger partial charge in [-0.2, -0.15) is 0 Å². The van der Waals surface area contributed by atoms with Crippen LogP contribution < -0.4 is 16.2 Å². The Labute approximate surface area is 397 Å². The molecule has 0 unspecified atom stereocenters. The van der Waals surface area contributed by atoms with Crippen LogP contribution in [0.25, 0.3) is 49.4 Å². The van der Waals surface area contributed by atoms with E-state index >= 15 is 0 Å². The first-order valence-corrected chi connectivity index (χ1v) is 25.9. The number of nitrogens with zero attached hydrogens (tertiary/aromatic N) is 1. The van der Waals surface area contributed by atoms with Gasteiger partial charge >= 0.3 is 0 Å². The van der Waals surface area contributed by atoms with Crippen LogP contribution >= 0.6 is 0 Å². The van der Waals surface area contributed by atoms with E-state index in [2.05, 4.69) is 185 Å². The maximum absolute atomic E-state index is 4.13. The van der Waals surface area contributed by atoms with Gasteiger partial charge in [-0.05, 0) is 187 Å². The molecular weight excluding hydrogens is 796 g/mol. The van der Waals surface area contributed by atoms with Crippen molar-refractivity contribution in [3.63, 3.8) is 0 Å². The van der Waals surface area contributed by atoms with Crippen molar-refractivity contribution < 1.29 is 0 Å². The van der Waals surface area contributed by atoms with Gasteiger partial charge in [-0.25, -0.2) is 0 Å². The molecule has 0 saturated carbocycles. The minimum atomic E-state index is 0.103. The third-order valence-corrected chi connectivity index (χ3v) is 18.2. The summed E-state index contributed by atoms with van der Waals surface area (Å²) in [4.78, 5) is 0. The molecule has 2 nitrogen and oxygen atoms in total. The van der Waals surface area contributed by atoms with Gasteiger partial charge in [0.15, 0.2) is 7.28 Å². The lowest BCUT2D eigenvalue weighted by Crippen LogP contribution is -2.41. The molecule has 0 radical (unpaired) electrons. The van der Waals surface area contributed by atoms with Crippen LogP contribution in [0.5, 0.6) is 0 Å². The third kappa shape index (κ3) is 6.62. The largest absolute Gasteiger partial charge is 0.355 e. The van der Waals surface area contributed by atoms with Crippen LogP contribution in [0.15, 0.2) is 84.9 Å². The summed E-state index contributed by atoms with van der Waals surface area (Å²) in [6.45, 7) is 32.0. The monoisotopic (exact) mass is 871 g/mol. The number of aromatic nitrogens is 1. The van der Waals surface area contributed by atoms with Crippen LogP contribution in [-0.4, -0.2) is 11.8 Å². The van der Waals surface area contributed by atoms with Gasteiger partial charge in [-0.3, -0.25) is 0 Å². The summed E-state index contributed by atoms with van der Waals surface area (Å²) in [5, 5.41) is 9.70. The van der Waals surface area contributed by atoms with E-state index in [1.54, 1.807) is 11.1 Å². The highest BCUT2D eigenvalue weighted by molar-refractivity contribution is 6.74. The zero-order valence-corrected chi connectivity index (χ0v) is 42.8. The first-order chi connectivity index (χ1) is 31.1. The molecule has 0 atom stereocenters. The van der Waals surface area contributed by atoms with Gasteiger partial charge in [0.2, 0.25) is 0 Å². The van der Waals surface area contributed by atoms with Crippen LogP contribution in [0.3, 0.4) is 0 Å². The first-order valence-electron chi connectivity index (χ1n) is 25.9. The number of anilines is 2. The minimum Gasteiger partial charge on any atom is -0.355 e. The normalized spacial score (nSPS) is 20.0. The van der Waals surface area contributed by atoms with Gasteiger partial charge in [0, 0.05) is 38.9 Å². The molecule has 0 amide bonds.